The molecule has 13 rings (SSSR count). The molecule has 0 N–H and O–H groups in total. The zero-order valence-electron chi connectivity index (χ0n) is 70.4. The fourth-order valence-electron chi connectivity index (χ4n) is 16.2. The van der Waals surface area contributed by atoms with Crippen molar-refractivity contribution in [3.8, 4) is 11.5 Å². The molecule has 24 heteroatoms. The van der Waals surface area contributed by atoms with Crippen LogP contribution in [0.15, 0.2) is 255 Å². The highest BCUT2D eigenvalue weighted by atomic mass is 28.4. The Morgan fingerprint density at radius 3 is 1.27 bits per heavy atom. The molecule has 0 bridgehead atoms. The molecule has 4 aliphatic rings. The van der Waals surface area contributed by atoms with Crippen molar-refractivity contribution in [1.29, 1.82) is 0 Å². The molecule has 644 valence electrons. The Bertz CT molecular complexity index is 4670. The van der Waals surface area contributed by atoms with Gasteiger partial charge in [-0.15, -0.1) is 0 Å². The van der Waals surface area contributed by atoms with Gasteiger partial charge in [-0.1, -0.05) is 246 Å². The van der Waals surface area contributed by atoms with Gasteiger partial charge in [0.05, 0.1) is 97.8 Å². The average molecular weight is 1680 g/mol. The minimum absolute atomic E-state index is 0.0256. The smallest absolute Gasteiger partial charge is 0.306 e. The maximum atomic E-state index is 15.3. The Labute approximate surface area is 715 Å². The Kier molecular flexibility index (Phi) is 32.3. The van der Waals surface area contributed by atoms with Crippen LogP contribution in [0.5, 0.6) is 11.5 Å². The molecule has 0 aliphatic carbocycles. The Hall–Kier alpha value is -9.97. The molecule has 0 radical (unpaired) electrons. The molecule has 3 fully saturated rings. The van der Waals surface area contributed by atoms with Crippen LogP contribution in [0.1, 0.15) is 127 Å². The van der Waals surface area contributed by atoms with E-state index in [0.717, 1.165) is 37.5 Å². The fourth-order valence-corrected chi connectivity index (χ4v) is 20.7. The molecule has 0 spiro atoms. The number of unbranched alkanes of at least 4 members (excludes halogenated alkanes) is 2. The van der Waals surface area contributed by atoms with Crippen molar-refractivity contribution in [1.82, 2.24) is 4.90 Å². The summed E-state index contributed by atoms with van der Waals surface area (Å²) in [6.45, 7) is 9.16. The van der Waals surface area contributed by atoms with Crippen LogP contribution >= 0.6 is 0 Å². The molecule has 9 aromatic rings. The van der Waals surface area contributed by atoms with E-state index in [2.05, 4.69) is 45.0 Å². The van der Waals surface area contributed by atoms with Crippen molar-refractivity contribution in [3.05, 3.63) is 299 Å². The first kappa shape index (κ1) is 89.8. The van der Waals surface area contributed by atoms with E-state index >= 15 is 14.4 Å². The number of Topliss-reactive ketones (excluding diaryl/α,β-unsaturated/α-hetero) is 1. The summed E-state index contributed by atoms with van der Waals surface area (Å²) in [5.41, 5.74) is 5.12. The summed E-state index contributed by atoms with van der Waals surface area (Å²) in [4.78, 5) is 72.4. The van der Waals surface area contributed by atoms with Gasteiger partial charge in [-0.3, -0.25) is 24.1 Å². The van der Waals surface area contributed by atoms with Gasteiger partial charge in [-0.25, -0.2) is 0 Å². The predicted octanol–water partition coefficient (Wildman–Crippen LogP) is 14.4. The number of rotatable bonds is 42. The monoisotopic (exact) mass is 1680 g/mol. The van der Waals surface area contributed by atoms with E-state index in [4.69, 9.17) is 80.2 Å². The van der Waals surface area contributed by atoms with Crippen molar-refractivity contribution in [2.75, 3.05) is 41.2 Å². The maximum absolute atomic E-state index is 15.3. The van der Waals surface area contributed by atoms with Crippen LogP contribution in [-0.2, 0) is 125 Å². The Morgan fingerprint density at radius 1 is 0.385 bits per heavy atom. The van der Waals surface area contributed by atoms with Gasteiger partial charge >= 0.3 is 11.9 Å². The van der Waals surface area contributed by atoms with Crippen LogP contribution in [0, 0.1) is 0 Å². The minimum Gasteiger partial charge on any atom is -0.497 e. The van der Waals surface area contributed by atoms with E-state index in [9.17, 15) is 9.59 Å². The lowest BCUT2D eigenvalue weighted by molar-refractivity contribution is -0.381. The third-order valence-corrected chi connectivity index (χ3v) is 27.5. The second-order valence-electron chi connectivity index (χ2n) is 31.9. The molecule has 0 saturated carbocycles. The van der Waals surface area contributed by atoms with E-state index in [-0.39, 0.29) is 95.0 Å². The maximum Gasteiger partial charge on any atom is 0.306 e. The van der Waals surface area contributed by atoms with Crippen molar-refractivity contribution < 1.29 is 104 Å². The van der Waals surface area contributed by atoms with Gasteiger partial charge in [0.1, 0.15) is 78.3 Å². The first-order valence-electron chi connectivity index (χ1n) is 41.8. The van der Waals surface area contributed by atoms with Crippen molar-refractivity contribution in [2.24, 2.45) is 0 Å². The van der Waals surface area contributed by atoms with E-state index in [1.807, 2.05) is 213 Å². The van der Waals surface area contributed by atoms with E-state index in [0.29, 0.717) is 41.9 Å². The number of benzene rings is 9. The summed E-state index contributed by atoms with van der Waals surface area (Å²) in [6, 6.07) is 79.0. The van der Waals surface area contributed by atoms with E-state index < -0.39 is 130 Å². The van der Waals surface area contributed by atoms with Crippen LogP contribution in [0.4, 0.5) is 0 Å². The predicted molar refractivity (Wildman–Crippen MR) is 456 cm³/mol. The van der Waals surface area contributed by atoms with Crippen LogP contribution in [0.3, 0.4) is 0 Å². The fraction of sp³-hybridized carbons (Fsp3) is 0.398. The normalized spacial score (nSPS) is 23.5. The molecule has 4 heterocycles. The standard InChI is InChI=1S/C98H111NO22Si/c1-66(100)47-56-83(102)120-87-81(65-116-122(98(3,4)5,76-40-24-13-25-41-76)77-42-26-14-27-43-77)119-96(92(90(87)113-63-73-50-54-75(106-7)55-51-73)121-97-91(114-61-71-38-22-12-23-39-71)89(112-60-70-36-20-11-21-37-70)85(67(2)117-97)109-58-68-32-16-9-17-33-68)115-64-80-86(110-62-72-48-52-74(105-6)53-49-72)88(111-59-69-34-18-10-19-35-69)84(95(118-80)108-57-31-15-28-46-82(101)107-8)99-93(103)78-44-29-30-45-79(78)94(99)104/h9-14,16-27,29-30,32-45,48-55,67,80-81,84-92,95-97H,15,28,31,46-47,56-65H2,1-8H3/t67-,80+,81+,84+,85+,86+,87-,88+,89+,90-,91-,92-,95+,96+,97-/m0/s1. The number of ether oxygens (including phenoxy) is 16. The lowest BCUT2D eigenvalue weighted by atomic mass is 9.94. The largest absolute Gasteiger partial charge is 0.497 e. The Balaban J connectivity index is 0.984. The molecule has 0 aromatic heterocycles. The number of amides is 2. The molecule has 9 aromatic carbocycles. The molecular formula is C98H111NO22Si. The summed E-state index contributed by atoms with van der Waals surface area (Å²) in [6.07, 6.45) is -16.5. The molecule has 2 amide bonds. The zero-order valence-corrected chi connectivity index (χ0v) is 71.4. The van der Waals surface area contributed by atoms with Gasteiger partial charge in [0.25, 0.3) is 20.1 Å². The number of imide groups is 1. The highest BCUT2D eigenvalue weighted by Gasteiger charge is 2.60. The summed E-state index contributed by atoms with van der Waals surface area (Å²) in [5.74, 6) is -1.34. The second kappa shape index (κ2) is 43.9. The lowest BCUT2D eigenvalue weighted by Gasteiger charge is -2.51. The molecule has 0 unspecified atom stereocenters. The van der Waals surface area contributed by atoms with Crippen LogP contribution in [0.25, 0.3) is 0 Å². The second-order valence-corrected chi connectivity index (χ2v) is 36.2. The molecule has 23 nitrogen and oxygen atoms in total. The minimum atomic E-state index is -3.55. The topological polar surface area (TPSA) is 245 Å². The Morgan fingerprint density at radius 2 is 0.803 bits per heavy atom. The first-order chi connectivity index (χ1) is 59.4. The number of nitrogens with zero attached hydrogens (tertiary/aromatic N) is 1. The van der Waals surface area contributed by atoms with Crippen LogP contribution in [0.2, 0.25) is 5.04 Å². The average Bonchev–Trinajstić information content (AvgIpc) is 1.39. The van der Waals surface area contributed by atoms with Gasteiger partial charge in [0, 0.05) is 19.4 Å². The zero-order chi connectivity index (χ0) is 85.4. The van der Waals surface area contributed by atoms with E-state index in [1.54, 1.807) is 38.5 Å². The number of fused-ring (bicyclic) bond motifs is 1. The molecule has 122 heavy (non-hydrogen) atoms. The van der Waals surface area contributed by atoms with Crippen LogP contribution < -0.4 is 19.8 Å². The highest BCUT2D eigenvalue weighted by molar-refractivity contribution is 6.99. The number of carbonyl (C=O) groups is 5. The third-order valence-electron chi connectivity index (χ3n) is 22.5. The van der Waals surface area contributed by atoms with E-state index in [1.165, 1.54) is 14.0 Å². The number of ketones is 1. The highest BCUT2D eigenvalue weighted by Crippen LogP contribution is 2.43. The summed E-state index contributed by atoms with van der Waals surface area (Å²) in [7, 11) is 0.956. The van der Waals surface area contributed by atoms with Gasteiger partial charge in [0.2, 0.25) is 0 Å². The molecule has 15 atom stereocenters. The number of methoxy groups -OCH3 is 3. The SMILES string of the molecule is COC(=O)CCCCCO[C@@H]1O[C@H](CO[C@@H]2O[C@H](CO[Si](c3ccccc3)(c3ccccc3)C(C)(C)C)[C@H](OC(=O)CCC(C)=O)[C@H](OCc3ccc(OC)cc3)[C@@H]2O[C@@H]2O[C@@H](C)[C@@H](OCc3ccccc3)[C@@H](OCc3ccccc3)[C@@H]2OCc2ccccc2)[C@@H](OCc2ccc(OC)cc2)[C@H](OCc2ccccc2)[C@H]1N1C(=O)c2ccccc2C1=O. The summed E-state index contributed by atoms with van der Waals surface area (Å²) < 4.78 is 119. The quantitative estimate of drug-likeness (QED) is 0.0149. The molecule has 3 saturated heterocycles. The van der Waals surface area contributed by atoms with Gasteiger partial charge < -0.3 is 85.0 Å². The molecule has 4 aliphatic heterocycles. The lowest BCUT2D eigenvalue weighted by Crippen LogP contribution is -2.69. The summed E-state index contributed by atoms with van der Waals surface area (Å²) in [5, 5.41) is 1.30. The molecular weight excluding hydrogens is 1570 g/mol. The number of hydrogen-bond donors (Lipinski definition) is 0. The van der Waals surface area contributed by atoms with Crippen molar-refractivity contribution in [2.45, 2.75) is 210 Å². The van der Waals surface area contributed by atoms with Gasteiger partial charge in [-0.2, -0.15) is 0 Å². The van der Waals surface area contributed by atoms with Crippen molar-refractivity contribution in [3.63, 3.8) is 0 Å². The number of esters is 2. The van der Waals surface area contributed by atoms with Gasteiger partial charge in [-0.05, 0) is 112 Å². The first-order valence-corrected chi connectivity index (χ1v) is 43.7. The summed E-state index contributed by atoms with van der Waals surface area (Å²) >= 11 is 0. The van der Waals surface area contributed by atoms with Crippen molar-refractivity contribution >= 4 is 48.2 Å². The number of carbonyl (C=O) groups excluding carboxylic acids is 5. The third kappa shape index (κ3) is 22.9. The number of hydrogen-bond acceptors (Lipinski definition) is 22. The van der Waals surface area contributed by atoms with Gasteiger partial charge in [0.15, 0.2) is 25.0 Å². The van der Waals surface area contributed by atoms with Crippen LogP contribution in [-0.4, -0.2) is 176 Å².